The van der Waals surface area contributed by atoms with Crippen molar-refractivity contribution in [1.82, 2.24) is 0 Å². The lowest BCUT2D eigenvalue weighted by atomic mass is 9.82. The standard InChI is InChI=1S/C13H16F4.C3H8.C2H6/c1-5-9-10(12(2,3)4)6-8(7-11(9)14)13(15,16)17;1-3-2;1-2/h6-7H,5H2,1-4H3;3H2,1-2H3;1-2H3. The molecule has 0 aromatic heterocycles. The second-order valence-electron chi connectivity index (χ2n) is 5.79. The third-order valence-electron chi connectivity index (χ3n) is 2.68. The molecule has 0 unspecified atom stereocenters. The Balaban J connectivity index is 0. The molecule has 1 aromatic carbocycles. The number of rotatable bonds is 1. The molecule has 0 saturated carbocycles. The van der Waals surface area contributed by atoms with Crippen LogP contribution < -0.4 is 0 Å². The minimum absolute atomic E-state index is 0.366. The first kappa shape index (κ1) is 23.2. The predicted molar refractivity (Wildman–Crippen MR) is 86.8 cm³/mol. The highest BCUT2D eigenvalue weighted by atomic mass is 19.4. The largest absolute Gasteiger partial charge is 0.416 e. The van der Waals surface area contributed by atoms with Crippen molar-refractivity contribution in [2.75, 3.05) is 0 Å². The lowest BCUT2D eigenvalue weighted by Gasteiger charge is -2.24. The lowest BCUT2D eigenvalue weighted by Crippen LogP contribution is -2.18. The van der Waals surface area contributed by atoms with E-state index in [1.807, 2.05) is 13.8 Å². The average Bonchev–Trinajstić information content (AvgIpc) is 2.39. The molecule has 0 aliphatic carbocycles. The quantitative estimate of drug-likeness (QED) is 0.482. The highest BCUT2D eigenvalue weighted by molar-refractivity contribution is 5.39. The van der Waals surface area contributed by atoms with Gasteiger partial charge in [0.25, 0.3) is 0 Å². The van der Waals surface area contributed by atoms with Crippen LogP contribution in [0.5, 0.6) is 0 Å². The molecule has 0 amide bonds. The normalized spacial score (nSPS) is 11.1. The zero-order valence-corrected chi connectivity index (χ0v) is 15.1. The molecule has 0 fully saturated rings. The minimum Gasteiger partial charge on any atom is -0.207 e. The van der Waals surface area contributed by atoms with Crippen LogP contribution in [0.4, 0.5) is 17.6 Å². The van der Waals surface area contributed by atoms with Crippen LogP contribution in [0.3, 0.4) is 0 Å². The van der Waals surface area contributed by atoms with Gasteiger partial charge in [-0.25, -0.2) is 4.39 Å². The maximum Gasteiger partial charge on any atom is 0.416 e. The summed E-state index contributed by atoms with van der Waals surface area (Å²) < 4.78 is 51.5. The molecule has 1 aromatic rings. The van der Waals surface area contributed by atoms with Crippen molar-refractivity contribution in [3.05, 3.63) is 34.6 Å². The molecule has 0 bridgehead atoms. The summed E-state index contributed by atoms with van der Waals surface area (Å²) in [6.45, 7) is 15.3. The zero-order chi connectivity index (χ0) is 18.1. The van der Waals surface area contributed by atoms with Gasteiger partial charge in [-0.05, 0) is 35.1 Å². The highest BCUT2D eigenvalue weighted by Crippen LogP contribution is 2.36. The van der Waals surface area contributed by atoms with Gasteiger partial charge in [-0.1, -0.05) is 61.8 Å². The third kappa shape index (κ3) is 7.28. The number of halogens is 4. The number of hydrogen-bond acceptors (Lipinski definition) is 0. The fraction of sp³-hybridized carbons (Fsp3) is 0.667. The van der Waals surface area contributed by atoms with E-state index >= 15 is 0 Å². The molecule has 0 aliphatic rings. The van der Waals surface area contributed by atoms with Gasteiger partial charge in [-0.2, -0.15) is 13.2 Å². The van der Waals surface area contributed by atoms with Crippen LogP contribution >= 0.6 is 0 Å². The van der Waals surface area contributed by atoms with E-state index in [2.05, 4.69) is 13.8 Å². The predicted octanol–water partition coefficient (Wildman–Crippen LogP) is 7.15. The summed E-state index contributed by atoms with van der Waals surface area (Å²) in [4.78, 5) is 0. The summed E-state index contributed by atoms with van der Waals surface area (Å²) in [5.41, 5.74) is -0.636. The molecular weight excluding hydrogens is 292 g/mol. The smallest absolute Gasteiger partial charge is 0.207 e. The Bertz CT molecular complexity index is 426. The van der Waals surface area contributed by atoms with Crippen molar-refractivity contribution < 1.29 is 17.6 Å². The molecule has 0 N–H and O–H groups in total. The van der Waals surface area contributed by atoms with E-state index in [-0.39, 0.29) is 0 Å². The molecule has 22 heavy (non-hydrogen) atoms. The van der Waals surface area contributed by atoms with Crippen LogP contribution in [0.25, 0.3) is 0 Å². The van der Waals surface area contributed by atoms with E-state index in [4.69, 9.17) is 0 Å². The van der Waals surface area contributed by atoms with E-state index in [1.54, 1.807) is 27.7 Å². The van der Waals surface area contributed by atoms with Gasteiger partial charge >= 0.3 is 6.18 Å². The summed E-state index contributed by atoms with van der Waals surface area (Å²) in [7, 11) is 0. The Hall–Kier alpha value is -1.06. The molecule has 130 valence electrons. The van der Waals surface area contributed by atoms with Crippen LogP contribution in [-0.2, 0) is 18.0 Å². The first-order chi connectivity index (χ1) is 9.98. The van der Waals surface area contributed by atoms with Gasteiger partial charge in [0.15, 0.2) is 0 Å². The highest BCUT2D eigenvalue weighted by Gasteiger charge is 2.33. The van der Waals surface area contributed by atoms with Gasteiger partial charge in [-0.3, -0.25) is 0 Å². The van der Waals surface area contributed by atoms with Gasteiger partial charge in [0.2, 0.25) is 0 Å². The first-order valence-corrected chi connectivity index (χ1v) is 7.89. The number of alkyl halides is 3. The van der Waals surface area contributed by atoms with E-state index in [1.165, 1.54) is 6.42 Å². The van der Waals surface area contributed by atoms with Gasteiger partial charge in [0.1, 0.15) is 5.82 Å². The molecule has 4 heteroatoms. The maximum atomic E-state index is 13.7. The fourth-order valence-electron chi connectivity index (χ4n) is 1.83. The monoisotopic (exact) mass is 322 g/mol. The fourth-order valence-corrected chi connectivity index (χ4v) is 1.83. The Morgan fingerprint density at radius 3 is 1.59 bits per heavy atom. The lowest BCUT2D eigenvalue weighted by molar-refractivity contribution is -0.137. The molecular formula is C18H30F4. The Kier molecular flexibility index (Phi) is 10.4. The summed E-state index contributed by atoms with van der Waals surface area (Å²) in [6, 6.07) is 1.63. The van der Waals surface area contributed by atoms with E-state index in [0.29, 0.717) is 23.6 Å². The maximum absolute atomic E-state index is 13.7. The molecule has 0 heterocycles. The molecule has 0 atom stereocenters. The van der Waals surface area contributed by atoms with Crippen molar-refractivity contribution in [2.45, 2.75) is 79.8 Å². The van der Waals surface area contributed by atoms with Crippen LogP contribution in [0, 0.1) is 5.82 Å². The Morgan fingerprint density at radius 1 is 0.909 bits per heavy atom. The van der Waals surface area contributed by atoms with E-state index in [9.17, 15) is 17.6 Å². The van der Waals surface area contributed by atoms with Crippen molar-refractivity contribution in [2.24, 2.45) is 0 Å². The molecule has 0 saturated heterocycles. The van der Waals surface area contributed by atoms with Gasteiger partial charge in [0, 0.05) is 0 Å². The number of benzene rings is 1. The second kappa shape index (κ2) is 9.86. The van der Waals surface area contributed by atoms with Crippen molar-refractivity contribution >= 4 is 0 Å². The summed E-state index contributed by atoms with van der Waals surface area (Å²) in [5, 5.41) is 0. The summed E-state index contributed by atoms with van der Waals surface area (Å²) in [6.07, 6.45) is -2.87. The van der Waals surface area contributed by atoms with Crippen molar-refractivity contribution in [1.29, 1.82) is 0 Å². The minimum atomic E-state index is -4.51. The zero-order valence-electron chi connectivity index (χ0n) is 15.1. The molecule has 1 rings (SSSR count). The van der Waals surface area contributed by atoms with Crippen molar-refractivity contribution in [3.8, 4) is 0 Å². The van der Waals surface area contributed by atoms with E-state index < -0.39 is 23.0 Å². The van der Waals surface area contributed by atoms with Crippen molar-refractivity contribution in [3.63, 3.8) is 0 Å². The van der Waals surface area contributed by atoms with Crippen LogP contribution in [0.2, 0.25) is 0 Å². The average molecular weight is 322 g/mol. The second-order valence-corrected chi connectivity index (χ2v) is 5.79. The van der Waals surface area contributed by atoms with Crippen LogP contribution in [-0.4, -0.2) is 0 Å². The van der Waals surface area contributed by atoms with Crippen LogP contribution in [0.15, 0.2) is 12.1 Å². The summed E-state index contributed by atoms with van der Waals surface area (Å²) in [5.74, 6) is -0.771. The molecule has 0 radical (unpaired) electrons. The molecule has 0 aliphatic heterocycles. The van der Waals surface area contributed by atoms with Gasteiger partial charge in [-0.15, -0.1) is 0 Å². The number of hydrogen-bond donors (Lipinski definition) is 0. The van der Waals surface area contributed by atoms with Gasteiger partial charge < -0.3 is 0 Å². The Morgan fingerprint density at radius 2 is 1.32 bits per heavy atom. The SMILES string of the molecule is CC.CCC.CCc1c(F)cc(C(F)(F)F)cc1C(C)(C)C. The van der Waals surface area contributed by atoms with Crippen LogP contribution in [0.1, 0.15) is 78.5 Å². The third-order valence-corrected chi connectivity index (χ3v) is 2.68. The van der Waals surface area contributed by atoms with E-state index in [0.717, 1.165) is 6.07 Å². The van der Waals surface area contributed by atoms with Gasteiger partial charge in [0.05, 0.1) is 5.56 Å². The molecule has 0 spiro atoms. The topological polar surface area (TPSA) is 0 Å². The summed E-state index contributed by atoms with van der Waals surface area (Å²) >= 11 is 0. The first-order valence-electron chi connectivity index (χ1n) is 7.89. The Labute approximate surface area is 132 Å². The molecule has 0 nitrogen and oxygen atoms in total.